The van der Waals surface area contributed by atoms with Crippen molar-refractivity contribution >= 4 is 92.7 Å². The minimum Gasteiger partial charge on any atom is -0.457 e. The molecule has 1 aliphatic carbocycles. The third-order valence-electron chi connectivity index (χ3n) is 16.7. The molecule has 5 aliphatic rings. The summed E-state index contributed by atoms with van der Waals surface area (Å²) in [7, 11) is 1.60. The lowest BCUT2D eigenvalue weighted by Gasteiger charge is -2.37. The second-order valence-corrected chi connectivity index (χ2v) is 24.5. The van der Waals surface area contributed by atoms with Gasteiger partial charge in [-0.05, 0) is 76.1 Å². The van der Waals surface area contributed by atoms with Gasteiger partial charge in [0.2, 0.25) is 28.9 Å². The summed E-state index contributed by atoms with van der Waals surface area (Å²) in [5, 5.41) is 12.7. The van der Waals surface area contributed by atoms with Crippen LogP contribution in [0.15, 0.2) is 82.4 Å². The predicted octanol–water partition coefficient (Wildman–Crippen LogP) is 5.87. The van der Waals surface area contributed by atoms with Gasteiger partial charge in [0, 0.05) is 67.9 Å². The minimum absolute atomic E-state index is 0. The Morgan fingerprint density at radius 3 is 1.53 bits per heavy atom. The Morgan fingerprint density at radius 2 is 1.09 bits per heavy atom. The van der Waals surface area contributed by atoms with Crippen LogP contribution < -0.4 is 32.4 Å². The zero-order valence-corrected chi connectivity index (χ0v) is 49.9. The van der Waals surface area contributed by atoms with Crippen LogP contribution in [-0.2, 0) is 99.5 Å². The Kier molecular flexibility index (Phi) is 21.3. The number of nitrogens with one attached hydrogen (secondary N) is 4. The first kappa shape index (κ1) is 67.7. The lowest BCUT2D eigenvalue weighted by Crippen LogP contribution is -2.52. The maximum Gasteiger partial charge on any atom is 0.355 e. The SMILES string of the molecule is C.C.C.CC[C@@]1(OC(=O)CNC(=O)C(CSC2CCC2SCC(NC(=O)CCOCCC(C)=O)C(=O)NCC(=O)O[C@]2(CC)C(=O)OCc3c2cc2n(c3=O)Cc3cc4ccccc4nc3-2)NC)C(=O)OCc2c1cc1n(c2=O)Cc2cc3ccccc3nc2-1. The van der Waals surface area contributed by atoms with Crippen LogP contribution in [-0.4, -0.2) is 134 Å². The smallest absolute Gasteiger partial charge is 0.355 e. The predicted molar refractivity (Wildman–Crippen MR) is 340 cm³/mol. The molecule has 478 valence electrons. The highest BCUT2D eigenvalue weighted by molar-refractivity contribution is 8.04. The lowest BCUT2D eigenvalue weighted by atomic mass is 9.85. The van der Waals surface area contributed by atoms with Gasteiger partial charge in [-0.15, -0.1) is 0 Å². The van der Waals surface area contributed by atoms with E-state index in [1.165, 1.54) is 30.4 Å². The summed E-state index contributed by atoms with van der Waals surface area (Å²) in [5.41, 5.74) is 1.09. The number of para-hydroxylation sites is 2. The van der Waals surface area contributed by atoms with Crippen molar-refractivity contribution in [3.63, 3.8) is 0 Å². The summed E-state index contributed by atoms with van der Waals surface area (Å²) < 4.78 is 31.5. The molecular formula is C65H76N8O15S2. The molecule has 3 amide bonds. The number of carbonyl (C=O) groups is 8. The van der Waals surface area contributed by atoms with Crippen molar-refractivity contribution in [2.45, 2.75) is 142 Å². The number of pyridine rings is 4. The lowest BCUT2D eigenvalue weighted by molar-refractivity contribution is -0.189. The maximum absolute atomic E-state index is 14.1. The minimum atomic E-state index is -2.03. The van der Waals surface area contributed by atoms with Crippen LogP contribution in [0, 0.1) is 0 Å². The molecule has 1 fully saturated rings. The fraction of sp³-hybridized carbons (Fsp3) is 0.446. The van der Waals surface area contributed by atoms with E-state index in [1.54, 1.807) is 42.2 Å². The zero-order chi connectivity index (χ0) is 61.3. The average molecular weight is 1270 g/mol. The number of cyclic esters (lactones) is 2. The Bertz CT molecular complexity index is 3960. The van der Waals surface area contributed by atoms with Gasteiger partial charge in [0.25, 0.3) is 11.1 Å². The first-order chi connectivity index (χ1) is 41.9. The number of amides is 3. The first-order valence-corrected chi connectivity index (χ1v) is 31.0. The molecule has 23 nitrogen and oxygen atoms in total. The number of nitrogens with zero attached hydrogens (tertiary/aromatic N) is 4. The molecule has 11 rings (SSSR count). The first-order valence-electron chi connectivity index (χ1n) is 28.9. The van der Waals surface area contributed by atoms with Crippen molar-refractivity contribution in [2.75, 3.05) is 44.9 Å². The van der Waals surface area contributed by atoms with E-state index in [0.29, 0.717) is 28.3 Å². The molecule has 0 saturated heterocycles. The van der Waals surface area contributed by atoms with E-state index in [1.807, 2.05) is 60.7 Å². The summed E-state index contributed by atoms with van der Waals surface area (Å²) in [5.74, 6) is -5.12. The van der Waals surface area contributed by atoms with E-state index in [9.17, 15) is 47.9 Å². The third-order valence-corrected chi connectivity index (χ3v) is 19.9. The number of Topliss-reactive ketones (excluding diaryl/α,β-unsaturated/α-hetero) is 1. The molecule has 25 heteroatoms. The van der Waals surface area contributed by atoms with Crippen molar-refractivity contribution in [3.8, 4) is 22.8 Å². The normalized spacial score (nSPS) is 19.3. The van der Waals surface area contributed by atoms with E-state index < -0.39 is 83.5 Å². The molecule has 4 aromatic heterocycles. The molecule has 1 saturated carbocycles. The quantitative estimate of drug-likeness (QED) is 0.0312. The number of fused-ring (bicyclic) bond motifs is 10. The number of carbonyl (C=O) groups excluding carboxylic acids is 8. The van der Waals surface area contributed by atoms with E-state index in [0.717, 1.165) is 40.3 Å². The number of thioether (sulfide) groups is 2. The number of esters is 4. The molecule has 0 bridgehead atoms. The Balaban J connectivity index is 0.00000348. The number of aromatic nitrogens is 4. The Labute approximate surface area is 528 Å². The molecule has 0 radical (unpaired) electrons. The Hall–Kier alpha value is -8.26. The van der Waals surface area contributed by atoms with E-state index in [4.69, 9.17) is 33.7 Å². The van der Waals surface area contributed by atoms with Gasteiger partial charge in [-0.3, -0.25) is 38.4 Å². The average Bonchev–Trinajstić information content (AvgIpc) is 1.42. The Morgan fingerprint density at radius 1 is 0.644 bits per heavy atom. The summed E-state index contributed by atoms with van der Waals surface area (Å²) in [6.45, 7) is 3.36. The highest BCUT2D eigenvalue weighted by Gasteiger charge is 2.52. The van der Waals surface area contributed by atoms with Crippen LogP contribution in [0.4, 0.5) is 0 Å². The van der Waals surface area contributed by atoms with E-state index >= 15 is 0 Å². The van der Waals surface area contributed by atoms with Gasteiger partial charge in [-0.25, -0.2) is 19.6 Å². The van der Waals surface area contributed by atoms with Crippen LogP contribution in [0.3, 0.4) is 0 Å². The molecule has 6 atom stereocenters. The van der Waals surface area contributed by atoms with Gasteiger partial charge >= 0.3 is 23.9 Å². The van der Waals surface area contributed by atoms with Crippen LogP contribution in [0.1, 0.15) is 115 Å². The number of rotatable bonds is 24. The summed E-state index contributed by atoms with van der Waals surface area (Å²) in [6.07, 6.45) is 1.41. The monoisotopic (exact) mass is 1270 g/mol. The number of ether oxygens (including phenoxy) is 5. The molecule has 8 heterocycles. The van der Waals surface area contributed by atoms with Crippen LogP contribution in [0.25, 0.3) is 44.6 Å². The molecule has 90 heavy (non-hydrogen) atoms. The van der Waals surface area contributed by atoms with Crippen LogP contribution >= 0.6 is 23.5 Å². The van der Waals surface area contributed by atoms with Crippen molar-refractivity contribution in [1.82, 2.24) is 40.4 Å². The molecule has 4 N–H and O–H groups in total. The number of benzene rings is 2. The van der Waals surface area contributed by atoms with Gasteiger partial charge in [0.1, 0.15) is 38.1 Å². The molecule has 0 spiro atoms. The van der Waals surface area contributed by atoms with Crippen LogP contribution in [0.5, 0.6) is 0 Å². The van der Waals surface area contributed by atoms with Crippen LogP contribution in [0.2, 0.25) is 0 Å². The number of hydrogen-bond donors (Lipinski definition) is 4. The van der Waals surface area contributed by atoms with E-state index in [2.05, 4.69) is 21.3 Å². The molecule has 6 aromatic rings. The zero-order valence-electron chi connectivity index (χ0n) is 48.3. The third kappa shape index (κ3) is 13.0. The fourth-order valence-corrected chi connectivity index (χ4v) is 14.9. The van der Waals surface area contributed by atoms with Crippen molar-refractivity contribution in [3.05, 3.63) is 127 Å². The van der Waals surface area contributed by atoms with Gasteiger partial charge < -0.3 is 54.1 Å². The molecule has 4 unspecified atom stereocenters. The topological polar surface area (TPSA) is 301 Å². The maximum atomic E-state index is 14.1. The van der Waals surface area contributed by atoms with Gasteiger partial charge in [-0.2, -0.15) is 23.5 Å². The molecule has 4 aliphatic heterocycles. The van der Waals surface area contributed by atoms with Gasteiger partial charge in [0.15, 0.2) is 0 Å². The summed E-state index contributed by atoms with van der Waals surface area (Å²) in [4.78, 5) is 145. The standard InChI is InChI=1S/C62H64N8O15S2.3CH4/c1-5-61(40-23-46-53-36(21-34-11-7-9-13-42(34)67-53)27-69(46)57(77)38(40)29-82-59(61)79)84-51(73)25-64-55(75)44(63-4)31-86-48-15-16-49(48)87-32-45(66-50(72)18-20-81-19-17-33(3)71)56(76)65-26-52(74)85-62(6-2)41-24-47-54-37(22-35-12-8-10-14-43(35)68-54)28-70(47)58(78)39(41)30-83-60(62)80;;;/h7-14,21-24,44-45,48-49,63H,5-6,15-20,25-32H2,1-4H3,(H,64,75)(H,65,76)(H,66,72);3*1H4/t44?,45?,48?,49?,61-,62-;;;/m0.../s1. The second-order valence-electron chi connectivity index (χ2n) is 22.0. The van der Waals surface area contributed by atoms with Gasteiger partial charge in [0.05, 0.1) is 77.3 Å². The summed E-state index contributed by atoms with van der Waals surface area (Å²) in [6, 6.07) is 20.5. The molecule has 2 aromatic carbocycles. The van der Waals surface area contributed by atoms with Crippen molar-refractivity contribution in [2.24, 2.45) is 0 Å². The van der Waals surface area contributed by atoms with Gasteiger partial charge in [-0.1, -0.05) is 72.5 Å². The summed E-state index contributed by atoms with van der Waals surface area (Å²) >= 11 is 2.94. The molecular weight excluding hydrogens is 1200 g/mol. The highest BCUT2D eigenvalue weighted by atomic mass is 32.2. The number of ketones is 1. The largest absolute Gasteiger partial charge is 0.457 e. The van der Waals surface area contributed by atoms with Crippen molar-refractivity contribution < 1.29 is 62.0 Å². The van der Waals surface area contributed by atoms with Crippen molar-refractivity contribution in [1.29, 1.82) is 0 Å². The fourth-order valence-electron chi connectivity index (χ4n) is 11.7. The van der Waals surface area contributed by atoms with E-state index in [-0.39, 0.29) is 143 Å². The number of likely N-dealkylation sites (N-methyl/N-ethyl adjacent to an activating group) is 1. The number of hydrogen-bond acceptors (Lipinski definition) is 20. The highest BCUT2D eigenvalue weighted by Crippen LogP contribution is 2.44. The second kappa shape index (κ2) is 28.3.